The second-order valence-electron chi connectivity index (χ2n) is 3.34. The van der Waals surface area contributed by atoms with Crippen molar-refractivity contribution in [2.75, 3.05) is 0 Å². The maximum atomic E-state index is 4.16. The van der Waals surface area contributed by atoms with Crippen molar-refractivity contribution >= 4 is 6.08 Å². The van der Waals surface area contributed by atoms with Gasteiger partial charge in [-0.3, -0.25) is 5.10 Å². The fourth-order valence-corrected chi connectivity index (χ4v) is 1.62. The highest BCUT2D eigenvalue weighted by Gasteiger charge is 2.09. The molecule has 0 aliphatic heterocycles. The van der Waals surface area contributed by atoms with Crippen LogP contribution >= 0.6 is 0 Å². The average molecular weight is 187 g/mol. The van der Waals surface area contributed by atoms with Crippen LogP contribution in [0.25, 0.3) is 17.3 Å². The molecule has 2 aromatic rings. The van der Waals surface area contributed by atoms with Gasteiger partial charge in [-0.15, -0.1) is 0 Å². The third-order valence-corrected chi connectivity index (χ3v) is 2.33. The molecule has 0 amide bonds. The summed E-state index contributed by atoms with van der Waals surface area (Å²) >= 11 is 0. The van der Waals surface area contributed by atoms with E-state index in [9.17, 15) is 0 Å². The van der Waals surface area contributed by atoms with Gasteiger partial charge in [-0.05, 0) is 32.1 Å². The number of hydrogen-bond donors (Lipinski definition) is 2. The van der Waals surface area contributed by atoms with Gasteiger partial charge < -0.3 is 4.98 Å². The Labute approximate surface area is 82.9 Å². The summed E-state index contributed by atoms with van der Waals surface area (Å²) < 4.78 is 0. The van der Waals surface area contributed by atoms with E-state index in [1.807, 2.05) is 26.0 Å². The first kappa shape index (κ1) is 8.81. The van der Waals surface area contributed by atoms with Gasteiger partial charge >= 0.3 is 0 Å². The molecule has 0 atom stereocenters. The predicted molar refractivity (Wildman–Crippen MR) is 57.9 cm³/mol. The second kappa shape index (κ2) is 3.18. The van der Waals surface area contributed by atoms with Crippen LogP contribution in [-0.4, -0.2) is 15.2 Å². The lowest BCUT2D eigenvalue weighted by atomic mass is 10.1. The van der Waals surface area contributed by atoms with Crippen LogP contribution in [0.1, 0.15) is 17.1 Å². The normalized spacial score (nSPS) is 10.4. The topological polar surface area (TPSA) is 44.5 Å². The Hall–Kier alpha value is -1.77. The van der Waals surface area contributed by atoms with E-state index < -0.39 is 0 Å². The van der Waals surface area contributed by atoms with Gasteiger partial charge in [0.1, 0.15) is 0 Å². The predicted octanol–water partition coefficient (Wildman–Crippen LogP) is 2.66. The molecule has 14 heavy (non-hydrogen) atoms. The summed E-state index contributed by atoms with van der Waals surface area (Å²) in [6.07, 6.45) is 1.80. The van der Waals surface area contributed by atoms with Crippen LogP contribution in [0.15, 0.2) is 18.7 Å². The lowest BCUT2D eigenvalue weighted by molar-refractivity contribution is 1.02. The molecule has 0 bridgehead atoms. The molecule has 0 aromatic carbocycles. The lowest BCUT2D eigenvalue weighted by Crippen LogP contribution is -1.81. The Morgan fingerprint density at radius 2 is 2.14 bits per heavy atom. The number of hydrogen-bond acceptors (Lipinski definition) is 1. The average Bonchev–Trinajstić information content (AvgIpc) is 2.73. The van der Waals surface area contributed by atoms with Gasteiger partial charge in [-0.25, -0.2) is 0 Å². The van der Waals surface area contributed by atoms with Crippen molar-refractivity contribution in [1.82, 2.24) is 15.2 Å². The minimum Gasteiger partial charge on any atom is -0.355 e. The molecule has 3 nitrogen and oxygen atoms in total. The third kappa shape index (κ3) is 1.27. The summed E-state index contributed by atoms with van der Waals surface area (Å²) in [4.78, 5) is 3.27. The summed E-state index contributed by atoms with van der Waals surface area (Å²) in [6.45, 7) is 7.73. The van der Waals surface area contributed by atoms with E-state index in [1.165, 1.54) is 0 Å². The number of rotatable bonds is 2. The molecule has 72 valence electrons. The SMILES string of the molecule is C=Cc1ccc(-c2c(C)n[nH]c2C)[nH]1. The van der Waals surface area contributed by atoms with E-state index >= 15 is 0 Å². The van der Waals surface area contributed by atoms with Crippen molar-refractivity contribution in [2.24, 2.45) is 0 Å². The first-order valence-corrected chi connectivity index (χ1v) is 4.55. The van der Waals surface area contributed by atoms with Crippen LogP contribution in [0.5, 0.6) is 0 Å². The molecule has 2 heterocycles. The zero-order valence-electron chi connectivity index (χ0n) is 8.39. The van der Waals surface area contributed by atoms with E-state index in [1.54, 1.807) is 6.08 Å². The zero-order valence-corrected chi connectivity index (χ0v) is 8.39. The van der Waals surface area contributed by atoms with E-state index in [4.69, 9.17) is 0 Å². The maximum absolute atomic E-state index is 4.16. The Morgan fingerprint density at radius 1 is 1.36 bits per heavy atom. The summed E-state index contributed by atoms with van der Waals surface area (Å²) in [5, 5.41) is 7.12. The smallest absolute Gasteiger partial charge is 0.0687 e. The molecule has 2 rings (SSSR count). The highest BCUT2D eigenvalue weighted by atomic mass is 15.1. The lowest BCUT2D eigenvalue weighted by Gasteiger charge is -1.96. The third-order valence-electron chi connectivity index (χ3n) is 2.33. The van der Waals surface area contributed by atoms with Gasteiger partial charge in [-0.2, -0.15) is 5.10 Å². The number of nitrogens with zero attached hydrogens (tertiary/aromatic N) is 1. The summed E-state index contributed by atoms with van der Waals surface area (Å²) in [7, 11) is 0. The number of aromatic nitrogens is 3. The van der Waals surface area contributed by atoms with Gasteiger partial charge in [0.05, 0.1) is 5.69 Å². The van der Waals surface area contributed by atoms with Crippen molar-refractivity contribution in [3.63, 3.8) is 0 Å². The molecular weight excluding hydrogens is 174 g/mol. The monoisotopic (exact) mass is 187 g/mol. The van der Waals surface area contributed by atoms with Crippen molar-refractivity contribution in [1.29, 1.82) is 0 Å². The van der Waals surface area contributed by atoms with Gasteiger partial charge in [0.2, 0.25) is 0 Å². The largest absolute Gasteiger partial charge is 0.355 e. The zero-order chi connectivity index (χ0) is 10.1. The molecule has 0 radical (unpaired) electrons. The molecule has 0 saturated heterocycles. The molecule has 3 heteroatoms. The first-order chi connectivity index (χ1) is 6.72. The van der Waals surface area contributed by atoms with E-state index in [0.717, 1.165) is 28.3 Å². The van der Waals surface area contributed by atoms with E-state index in [0.29, 0.717) is 0 Å². The van der Waals surface area contributed by atoms with Crippen LogP contribution in [0.2, 0.25) is 0 Å². The Balaban J connectivity index is 2.53. The van der Waals surface area contributed by atoms with Crippen molar-refractivity contribution in [3.05, 3.63) is 35.8 Å². The van der Waals surface area contributed by atoms with Crippen LogP contribution in [0, 0.1) is 13.8 Å². The van der Waals surface area contributed by atoms with E-state index in [-0.39, 0.29) is 0 Å². The van der Waals surface area contributed by atoms with Crippen LogP contribution in [-0.2, 0) is 0 Å². The van der Waals surface area contributed by atoms with Crippen molar-refractivity contribution in [2.45, 2.75) is 13.8 Å². The number of H-pyrrole nitrogens is 2. The number of aromatic amines is 2. The molecule has 0 aliphatic rings. The van der Waals surface area contributed by atoms with Crippen LogP contribution in [0.3, 0.4) is 0 Å². The van der Waals surface area contributed by atoms with Gasteiger partial charge in [0.25, 0.3) is 0 Å². The Kier molecular flexibility index (Phi) is 2.00. The van der Waals surface area contributed by atoms with Crippen molar-refractivity contribution in [3.8, 4) is 11.3 Å². The minimum atomic E-state index is 1.01. The van der Waals surface area contributed by atoms with Gasteiger partial charge in [-0.1, -0.05) is 6.58 Å². The fourth-order valence-electron chi connectivity index (χ4n) is 1.62. The molecule has 0 fully saturated rings. The van der Waals surface area contributed by atoms with Crippen molar-refractivity contribution < 1.29 is 0 Å². The number of aryl methyl sites for hydroxylation is 2. The van der Waals surface area contributed by atoms with Crippen LogP contribution in [0.4, 0.5) is 0 Å². The second-order valence-corrected chi connectivity index (χ2v) is 3.34. The standard InChI is InChI=1S/C11H13N3/c1-4-9-5-6-10(12-9)11-7(2)13-14-8(11)3/h4-6,12H,1H2,2-3H3,(H,13,14). The summed E-state index contributed by atoms with van der Waals surface area (Å²) in [5.41, 5.74) is 5.36. The van der Waals surface area contributed by atoms with E-state index in [2.05, 4.69) is 21.8 Å². The summed E-state index contributed by atoms with van der Waals surface area (Å²) in [5.74, 6) is 0. The first-order valence-electron chi connectivity index (χ1n) is 4.55. The highest BCUT2D eigenvalue weighted by Crippen LogP contribution is 2.24. The molecule has 2 N–H and O–H groups in total. The number of nitrogens with one attached hydrogen (secondary N) is 2. The molecular formula is C11H13N3. The van der Waals surface area contributed by atoms with Gasteiger partial charge in [0, 0.05) is 22.6 Å². The molecule has 0 saturated carbocycles. The molecule has 0 spiro atoms. The summed E-state index contributed by atoms with van der Waals surface area (Å²) in [6, 6.07) is 4.05. The Morgan fingerprint density at radius 3 is 2.64 bits per heavy atom. The minimum absolute atomic E-state index is 1.01. The molecule has 2 aromatic heterocycles. The molecule has 0 aliphatic carbocycles. The molecule has 0 unspecified atom stereocenters. The Bertz CT molecular complexity index is 443. The quantitative estimate of drug-likeness (QED) is 0.745. The van der Waals surface area contributed by atoms with Gasteiger partial charge in [0.15, 0.2) is 0 Å². The fraction of sp³-hybridized carbons (Fsp3) is 0.182. The highest BCUT2D eigenvalue weighted by molar-refractivity contribution is 5.66. The van der Waals surface area contributed by atoms with Crippen LogP contribution < -0.4 is 0 Å². The maximum Gasteiger partial charge on any atom is 0.0687 e.